The lowest BCUT2D eigenvalue weighted by Gasteiger charge is -2.09. The molecule has 6 nitrogen and oxygen atoms in total. The standard InChI is InChI=1S/C10H13N3O3/c1-7-4-12-8(5-11-7)10(15)16-6-9(14)13(2)3/h4-5H,6H2,1-3H3. The Bertz CT molecular complexity index is 387. The van der Waals surface area contributed by atoms with E-state index in [0.717, 1.165) is 0 Å². The molecule has 0 saturated carbocycles. The van der Waals surface area contributed by atoms with Gasteiger partial charge in [-0.15, -0.1) is 0 Å². The van der Waals surface area contributed by atoms with Crippen LogP contribution in [-0.2, 0) is 9.53 Å². The van der Waals surface area contributed by atoms with Crippen molar-refractivity contribution in [3.8, 4) is 0 Å². The summed E-state index contributed by atoms with van der Waals surface area (Å²) in [6.07, 6.45) is 2.78. The maximum Gasteiger partial charge on any atom is 0.359 e. The maximum absolute atomic E-state index is 11.4. The summed E-state index contributed by atoms with van der Waals surface area (Å²) in [5, 5.41) is 0. The smallest absolute Gasteiger partial charge is 0.359 e. The van der Waals surface area contributed by atoms with E-state index in [1.54, 1.807) is 21.0 Å². The van der Waals surface area contributed by atoms with E-state index in [-0.39, 0.29) is 18.2 Å². The van der Waals surface area contributed by atoms with Crippen molar-refractivity contribution in [3.05, 3.63) is 23.8 Å². The molecule has 86 valence electrons. The van der Waals surface area contributed by atoms with Crippen LogP contribution in [0.4, 0.5) is 0 Å². The highest BCUT2D eigenvalue weighted by Gasteiger charge is 2.12. The molecule has 1 aromatic heterocycles. The molecule has 0 N–H and O–H groups in total. The molecule has 1 rings (SSSR count). The minimum absolute atomic E-state index is 0.0946. The summed E-state index contributed by atoms with van der Waals surface area (Å²) in [4.78, 5) is 31.6. The van der Waals surface area contributed by atoms with Crippen molar-refractivity contribution in [1.82, 2.24) is 14.9 Å². The van der Waals surface area contributed by atoms with Crippen molar-refractivity contribution in [1.29, 1.82) is 0 Å². The van der Waals surface area contributed by atoms with Crippen LogP contribution in [-0.4, -0.2) is 47.4 Å². The number of amides is 1. The van der Waals surface area contributed by atoms with Gasteiger partial charge in [0.1, 0.15) is 0 Å². The second-order valence-electron chi connectivity index (χ2n) is 3.41. The summed E-state index contributed by atoms with van der Waals surface area (Å²) >= 11 is 0. The number of hydrogen-bond acceptors (Lipinski definition) is 5. The molecule has 0 unspecified atom stereocenters. The monoisotopic (exact) mass is 223 g/mol. The Labute approximate surface area is 93.3 Å². The third-order valence-corrected chi connectivity index (χ3v) is 1.82. The summed E-state index contributed by atoms with van der Waals surface area (Å²) in [6.45, 7) is 1.47. The first kappa shape index (κ1) is 12.1. The fraction of sp³-hybridized carbons (Fsp3) is 0.400. The molecule has 0 saturated heterocycles. The van der Waals surface area contributed by atoms with Crippen LogP contribution in [0, 0.1) is 6.92 Å². The molecule has 1 aromatic rings. The lowest BCUT2D eigenvalue weighted by atomic mass is 10.4. The molecule has 0 atom stereocenters. The summed E-state index contributed by atoms with van der Waals surface area (Å²) in [7, 11) is 3.17. The SMILES string of the molecule is Cc1cnc(C(=O)OCC(=O)N(C)C)cn1. The zero-order chi connectivity index (χ0) is 12.1. The van der Waals surface area contributed by atoms with E-state index < -0.39 is 5.97 Å². The average molecular weight is 223 g/mol. The molecule has 0 spiro atoms. The fourth-order valence-corrected chi connectivity index (χ4v) is 0.828. The molecule has 0 aromatic carbocycles. The summed E-state index contributed by atoms with van der Waals surface area (Å²) in [5.41, 5.74) is 0.804. The van der Waals surface area contributed by atoms with Crippen molar-refractivity contribution in [3.63, 3.8) is 0 Å². The molecule has 16 heavy (non-hydrogen) atoms. The molecule has 0 radical (unpaired) electrons. The number of aromatic nitrogens is 2. The van der Waals surface area contributed by atoms with Crippen LogP contribution in [0.5, 0.6) is 0 Å². The highest BCUT2D eigenvalue weighted by atomic mass is 16.5. The summed E-state index contributed by atoms with van der Waals surface area (Å²) in [5.74, 6) is -0.934. The number of nitrogens with zero attached hydrogens (tertiary/aromatic N) is 3. The highest BCUT2D eigenvalue weighted by Crippen LogP contribution is 1.97. The normalized spacial score (nSPS) is 9.69. The van der Waals surface area contributed by atoms with Gasteiger partial charge in [-0.1, -0.05) is 0 Å². The zero-order valence-corrected chi connectivity index (χ0v) is 9.43. The van der Waals surface area contributed by atoms with Gasteiger partial charge in [-0.3, -0.25) is 9.78 Å². The Kier molecular flexibility index (Phi) is 3.93. The number of hydrogen-bond donors (Lipinski definition) is 0. The van der Waals surface area contributed by atoms with Gasteiger partial charge in [-0.25, -0.2) is 9.78 Å². The number of ether oxygens (including phenoxy) is 1. The van der Waals surface area contributed by atoms with E-state index in [9.17, 15) is 9.59 Å². The maximum atomic E-state index is 11.4. The lowest BCUT2D eigenvalue weighted by Crippen LogP contribution is -2.27. The molecular formula is C10H13N3O3. The van der Waals surface area contributed by atoms with Gasteiger partial charge < -0.3 is 9.64 Å². The van der Waals surface area contributed by atoms with Gasteiger partial charge in [-0.2, -0.15) is 0 Å². The molecule has 6 heteroatoms. The first-order valence-electron chi connectivity index (χ1n) is 4.66. The number of carbonyl (C=O) groups is 2. The summed E-state index contributed by atoms with van der Waals surface area (Å²) < 4.78 is 4.76. The number of esters is 1. The molecular weight excluding hydrogens is 210 g/mol. The van der Waals surface area contributed by atoms with Crippen LogP contribution in [0.15, 0.2) is 12.4 Å². The van der Waals surface area contributed by atoms with Crippen molar-refractivity contribution >= 4 is 11.9 Å². The molecule has 1 amide bonds. The topological polar surface area (TPSA) is 72.4 Å². The predicted octanol–water partition coefficient (Wildman–Crippen LogP) is 0.0300. The number of aryl methyl sites for hydroxylation is 1. The quantitative estimate of drug-likeness (QED) is 0.676. The van der Waals surface area contributed by atoms with Gasteiger partial charge in [0.15, 0.2) is 12.3 Å². The van der Waals surface area contributed by atoms with E-state index in [2.05, 4.69) is 9.97 Å². The first-order valence-corrected chi connectivity index (χ1v) is 4.66. The first-order chi connectivity index (χ1) is 7.50. The van der Waals surface area contributed by atoms with Crippen LogP contribution >= 0.6 is 0 Å². The van der Waals surface area contributed by atoms with E-state index in [1.807, 2.05) is 0 Å². The summed E-state index contributed by atoms with van der Waals surface area (Å²) in [6, 6.07) is 0. The molecule has 0 bridgehead atoms. The Morgan fingerprint density at radius 3 is 2.50 bits per heavy atom. The molecule has 0 aliphatic carbocycles. The minimum Gasteiger partial charge on any atom is -0.451 e. The molecule has 0 fully saturated rings. The van der Waals surface area contributed by atoms with Crippen LogP contribution in [0.25, 0.3) is 0 Å². The van der Waals surface area contributed by atoms with Crippen molar-refractivity contribution in [2.75, 3.05) is 20.7 Å². The Morgan fingerprint density at radius 1 is 1.31 bits per heavy atom. The Morgan fingerprint density at radius 2 is 2.00 bits per heavy atom. The zero-order valence-electron chi connectivity index (χ0n) is 9.43. The van der Waals surface area contributed by atoms with E-state index in [4.69, 9.17) is 4.74 Å². The highest BCUT2D eigenvalue weighted by molar-refractivity contribution is 5.89. The van der Waals surface area contributed by atoms with Gasteiger partial charge in [0, 0.05) is 20.3 Å². The van der Waals surface area contributed by atoms with Crippen LogP contribution in [0.3, 0.4) is 0 Å². The number of carbonyl (C=O) groups excluding carboxylic acids is 2. The van der Waals surface area contributed by atoms with Gasteiger partial charge in [0.05, 0.1) is 11.9 Å². The van der Waals surface area contributed by atoms with E-state index >= 15 is 0 Å². The lowest BCUT2D eigenvalue weighted by molar-refractivity contribution is -0.131. The van der Waals surface area contributed by atoms with E-state index in [1.165, 1.54) is 17.3 Å². The largest absolute Gasteiger partial charge is 0.451 e. The number of rotatable bonds is 3. The molecule has 0 aliphatic heterocycles. The third-order valence-electron chi connectivity index (χ3n) is 1.82. The second kappa shape index (κ2) is 5.20. The minimum atomic E-state index is -0.650. The van der Waals surface area contributed by atoms with Gasteiger partial charge in [0.25, 0.3) is 5.91 Å². The predicted molar refractivity (Wildman–Crippen MR) is 55.7 cm³/mol. The van der Waals surface area contributed by atoms with E-state index in [0.29, 0.717) is 5.69 Å². The van der Waals surface area contributed by atoms with Crippen molar-refractivity contribution < 1.29 is 14.3 Å². The van der Waals surface area contributed by atoms with Gasteiger partial charge in [0.2, 0.25) is 0 Å². The Hall–Kier alpha value is -1.98. The Balaban J connectivity index is 2.53. The van der Waals surface area contributed by atoms with Crippen LogP contribution in [0.2, 0.25) is 0 Å². The van der Waals surface area contributed by atoms with Crippen LogP contribution < -0.4 is 0 Å². The van der Waals surface area contributed by atoms with Crippen molar-refractivity contribution in [2.24, 2.45) is 0 Å². The van der Waals surface area contributed by atoms with Crippen LogP contribution in [0.1, 0.15) is 16.2 Å². The fourth-order valence-electron chi connectivity index (χ4n) is 0.828. The number of likely N-dealkylation sites (N-methyl/N-ethyl adjacent to an activating group) is 1. The molecule has 1 heterocycles. The van der Waals surface area contributed by atoms with Gasteiger partial charge >= 0.3 is 5.97 Å². The third kappa shape index (κ3) is 3.30. The second-order valence-corrected chi connectivity index (χ2v) is 3.41. The average Bonchev–Trinajstić information content (AvgIpc) is 2.26. The molecule has 0 aliphatic rings. The van der Waals surface area contributed by atoms with Gasteiger partial charge in [-0.05, 0) is 6.92 Å². The van der Waals surface area contributed by atoms with Crippen molar-refractivity contribution in [2.45, 2.75) is 6.92 Å².